The maximum Gasteiger partial charge on any atom is 0.258 e. The van der Waals surface area contributed by atoms with E-state index < -0.39 is 0 Å². The summed E-state index contributed by atoms with van der Waals surface area (Å²) in [5, 5.41) is 0. The summed E-state index contributed by atoms with van der Waals surface area (Å²) < 4.78 is 5.65. The Balaban J connectivity index is 2.18. The predicted octanol–water partition coefficient (Wildman–Crippen LogP) is 2.63. The lowest BCUT2D eigenvalue weighted by Gasteiger charge is -2.31. The highest BCUT2D eigenvalue weighted by molar-refractivity contribution is 9.10. The second-order valence-corrected chi connectivity index (χ2v) is 5.41. The van der Waals surface area contributed by atoms with E-state index in [4.69, 9.17) is 10.2 Å². The normalized spacial score (nSPS) is 23.3. The van der Waals surface area contributed by atoms with Crippen molar-refractivity contribution in [1.82, 2.24) is 4.90 Å². The van der Waals surface area contributed by atoms with Gasteiger partial charge in [0.1, 0.15) is 0 Å². The van der Waals surface area contributed by atoms with E-state index in [0.29, 0.717) is 29.2 Å². The molecule has 1 saturated carbocycles. The molecule has 0 spiro atoms. The standard InChI is InChI=1S/C13H19BrN2O2/c1-2-16(11-5-3-4-9(11)8-15)13(17)10-6-7-18-12(10)14/h6-7,9,11H,2-5,8,15H2,1H3. The molecule has 1 aromatic heterocycles. The van der Waals surface area contributed by atoms with Crippen molar-refractivity contribution in [3.63, 3.8) is 0 Å². The van der Waals surface area contributed by atoms with E-state index in [0.717, 1.165) is 19.3 Å². The molecule has 5 heteroatoms. The lowest BCUT2D eigenvalue weighted by atomic mass is 10.0. The maximum absolute atomic E-state index is 12.5. The Morgan fingerprint density at radius 3 is 2.94 bits per heavy atom. The van der Waals surface area contributed by atoms with Gasteiger partial charge in [-0.2, -0.15) is 0 Å². The Bertz CT molecular complexity index is 419. The number of nitrogens with two attached hydrogens (primary N) is 1. The van der Waals surface area contributed by atoms with Crippen LogP contribution in [0, 0.1) is 5.92 Å². The zero-order valence-corrected chi connectivity index (χ0v) is 12.1. The monoisotopic (exact) mass is 314 g/mol. The van der Waals surface area contributed by atoms with E-state index in [9.17, 15) is 4.79 Å². The molecule has 0 aliphatic heterocycles. The van der Waals surface area contributed by atoms with Crippen molar-refractivity contribution >= 4 is 21.8 Å². The van der Waals surface area contributed by atoms with E-state index in [1.54, 1.807) is 6.07 Å². The zero-order chi connectivity index (χ0) is 13.1. The molecule has 1 aliphatic carbocycles. The summed E-state index contributed by atoms with van der Waals surface area (Å²) in [7, 11) is 0. The van der Waals surface area contributed by atoms with Crippen LogP contribution in [0.2, 0.25) is 0 Å². The average molecular weight is 315 g/mol. The zero-order valence-electron chi connectivity index (χ0n) is 10.6. The Hall–Kier alpha value is -0.810. The highest BCUT2D eigenvalue weighted by Crippen LogP contribution is 2.31. The highest BCUT2D eigenvalue weighted by atomic mass is 79.9. The number of nitrogens with zero attached hydrogens (tertiary/aromatic N) is 1. The van der Waals surface area contributed by atoms with Gasteiger partial charge in [-0.25, -0.2) is 0 Å². The molecular weight excluding hydrogens is 296 g/mol. The van der Waals surface area contributed by atoms with Crippen molar-refractivity contribution in [3.8, 4) is 0 Å². The lowest BCUT2D eigenvalue weighted by Crippen LogP contribution is -2.44. The third kappa shape index (κ3) is 2.47. The average Bonchev–Trinajstić information content (AvgIpc) is 2.98. The van der Waals surface area contributed by atoms with Gasteiger partial charge in [0.05, 0.1) is 11.8 Å². The first-order valence-electron chi connectivity index (χ1n) is 6.43. The summed E-state index contributed by atoms with van der Waals surface area (Å²) in [4.78, 5) is 14.4. The van der Waals surface area contributed by atoms with Crippen LogP contribution < -0.4 is 5.73 Å². The van der Waals surface area contributed by atoms with Gasteiger partial charge >= 0.3 is 0 Å². The molecule has 1 aromatic rings. The van der Waals surface area contributed by atoms with Gasteiger partial charge in [0.2, 0.25) is 0 Å². The van der Waals surface area contributed by atoms with Crippen LogP contribution in [-0.2, 0) is 0 Å². The summed E-state index contributed by atoms with van der Waals surface area (Å²) in [6.45, 7) is 3.37. The van der Waals surface area contributed by atoms with Crippen molar-refractivity contribution in [2.24, 2.45) is 11.7 Å². The summed E-state index contributed by atoms with van der Waals surface area (Å²) >= 11 is 3.27. The molecule has 2 N–H and O–H groups in total. The predicted molar refractivity (Wildman–Crippen MR) is 73.3 cm³/mol. The molecular formula is C13H19BrN2O2. The molecule has 1 fully saturated rings. The first-order valence-corrected chi connectivity index (χ1v) is 7.22. The Morgan fingerprint density at radius 2 is 2.39 bits per heavy atom. The van der Waals surface area contributed by atoms with Gasteiger partial charge in [0.15, 0.2) is 4.67 Å². The molecule has 0 bridgehead atoms. The quantitative estimate of drug-likeness (QED) is 0.929. The van der Waals surface area contributed by atoms with E-state index in [1.807, 2.05) is 11.8 Å². The molecule has 100 valence electrons. The number of carbonyl (C=O) groups is 1. The van der Waals surface area contributed by atoms with Gasteiger partial charge in [-0.15, -0.1) is 0 Å². The molecule has 1 amide bonds. The molecule has 18 heavy (non-hydrogen) atoms. The van der Waals surface area contributed by atoms with Crippen LogP contribution in [0.25, 0.3) is 0 Å². The number of halogens is 1. The van der Waals surface area contributed by atoms with Crippen LogP contribution in [-0.4, -0.2) is 29.9 Å². The first-order chi connectivity index (χ1) is 8.69. The minimum absolute atomic E-state index is 0.0310. The summed E-state index contributed by atoms with van der Waals surface area (Å²) in [5.74, 6) is 0.461. The van der Waals surface area contributed by atoms with Gasteiger partial charge in [-0.1, -0.05) is 6.42 Å². The van der Waals surface area contributed by atoms with Crippen molar-refractivity contribution in [2.45, 2.75) is 32.2 Å². The van der Waals surface area contributed by atoms with Crippen LogP contribution in [0.1, 0.15) is 36.5 Å². The second-order valence-electron chi connectivity index (χ2n) is 4.69. The number of furan rings is 1. The molecule has 2 unspecified atom stereocenters. The van der Waals surface area contributed by atoms with Crippen molar-refractivity contribution in [2.75, 3.05) is 13.1 Å². The number of carbonyl (C=O) groups excluding carboxylic acids is 1. The lowest BCUT2D eigenvalue weighted by molar-refractivity contribution is 0.0650. The molecule has 1 aliphatic rings. The van der Waals surface area contributed by atoms with Crippen molar-refractivity contribution < 1.29 is 9.21 Å². The Kier molecular flexibility index (Phi) is 4.45. The van der Waals surface area contributed by atoms with Crippen LogP contribution in [0.4, 0.5) is 0 Å². The van der Waals surface area contributed by atoms with Gasteiger partial charge in [-0.05, 0) is 54.2 Å². The minimum Gasteiger partial charge on any atom is -0.457 e. The summed E-state index contributed by atoms with van der Waals surface area (Å²) in [6, 6.07) is 1.98. The number of hydrogen-bond donors (Lipinski definition) is 1. The number of amides is 1. The Morgan fingerprint density at radius 1 is 1.61 bits per heavy atom. The van der Waals surface area contributed by atoms with Crippen molar-refractivity contribution in [1.29, 1.82) is 0 Å². The van der Waals surface area contributed by atoms with E-state index in [1.165, 1.54) is 6.26 Å². The van der Waals surface area contributed by atoms with E-state index in [-0.39, 0.29) is 11.9 Å². The third-order valence-corrected chi connectivity index (χ3v) is 4.39. The fourth-order valence-electron chi connectivity index (χ4n) is 2.83. The van der Waals surface area contributed by atoms with Crippen LogP contribution in [0.3, 0.4) is 0 Å². The maximum atomic E-state index is 12.5. The smallest absolute Gasteiger partial charge is 0.258 e. The molecule has 1 heterocycles. The highest BCUT2D eigenvalue weighted by Gasteiger charge is 2.34. The fraction of sp³-hybridized carbons (Fsp3) is 0.615. The van der Waals surface area contributed by atoms with Crippen LogP contribution in [0.5, 0.6) is 0 Å². The summed E-state index contributed by atoms with van der Waals surface area (Å²) in [5.41, 5.74) is 6.40. The first kappa shape index (κ1) is 13.6. The fourth-order valence-corrected chi connectivity index (χ4v) is 3.24. The van der Waals surface area contributed by atoms with Gasteiger partial charge in [-0.3, -0.25) is 4.79 Å². The largest absolute Gasteiger partial charge is 0.457 e. The summed E-state index contributed by atoms with van der Waals surface area (Å²) in [6.07, 6.45) is 4.86. The topological polar surface area (TPSA) is 59.5 Å². The molecule has 0 radical (unpaired) electrons. The van der Waals surface area contributed by atoms with E-state index >= 15 is 0 Å². The van der Waals surface area contributed by atoms with Gasteiger partial charge < -0.3 is 15.1 Å². The van der Waals surface area contributed by atoms with Gasteiger partial charge in [0, 0.05) is 12.6 Å². The van der Waals surface area contributed by atoms with Crippen LogP contribution >= 0.6 is 15.9 Å². The number of hydrogen-bond acceptors (Lipinski definition) is 3. The van der Waals surface area contributed by atoms with Crippen LogP contribution in [0.15, 0.2) is 21.4 Å². The van der Waals surface area contributed by atoms with Gasteiger partial charge in [0.25, 0.3) is 5.91 Å². The Labute approximate surface area is 116 Å². The second kappa shape index (κ2) is 5.89. The number of rotatable bonds is 4. The third-order valence-electron chi connectivity index (χ3n) is 3.77. The molecule has 2 rings (SSSR count). The SMILES string of the molecule is CCN(C(=O)c1ccoc1Br)C1CCCC1CN. The molecule has 0 aromatic carbocycles. The molecule has 4 nitrogen and oxygen atoms in total. The molecule has 2 atom stereocenters. The van der Waals surface area contributed by atoms with Crippen molar-refractivity contribution in [3.05, 3.63) is 22.6 Å². The molecule has 0 saturated heterocycles. The minimum atomic E-state index is 0.0310. The van der Waals surface area contributed by atoms with E-state index in [2.05, 4.69) is 15.9 Å².